The lowest BCUT2D eigenvalue weighted by Crippen LogP contribution is -2.58. The number of nitrogens with zero attached hydrogens (tertiary/aromatic N) is 2. The van der Waals surface area contributed by atoms with Crippen molar-refractivity contribution in [2.45, 2.75) is 37.8 Å². The molecule has 0 unspecified atom stereocenters. The number of hydrogen-bond donors (Lipinski definition) is 2. The first-order valence-electron chi connectivity index (χ1n) is 11.0. The molecular weight excluding hydrogens is 402 g/mol. The minimum atomic E-state index is -0.701. The molecule has 5 rings (SSSR count). The molecular formula is C26H27N3O3. The highest BCUT2D eigenvalue weighted by Gasteiger charge is 2.49. The summed E-state index contributed by atoms with van der Waals surface area (Å²) in [5.74, 6) is 0.401. The standard InChI is InChI=1S/C26H27N3O3/c1-3-29-21-13-20(17-7-5-4-6-8-17)23(28-24(21)32-14-22(29)30)18-9-11-19(12-10-18)26(27)15-25(2,31)16-26/h4-13,31H,3,14-16,27H2,1-2H3. The fourth-order valence-electron chi connectivity index (χ4n) is 5.00. The van der Waals surface area contributed by atoms with Gasteiger partial charge < -0.3 is 20.5 Å². The number of pyridine rings is 1. The molecule has 1 amide bonds. The Labute approximate surface area is 187 Å². The molecule has 6 heteroatoms. The van der Waals surface area contributed by atoms with Crippen molar-refractivity contribution in [3.8, 4) is 28.3 Å². The first kappa shape index (κ1) is 20.7. The number of ether oxygens (including phenoxy) is 1. The fraction of sp³-hybridized carbons (Fsp3) is 0.308. The van der Waals surface area contributed by atoms with E-state index in [9.17, 15) is 9.90 Å². The lowest BCUT2D eigenvalue weighted by molar-refractivity contribution is -0.121. The molecule has 2 aliphatic rings. The molecule has 0 atom stereocenters. The molecule has 1 aromatic heterocycles. The molecule has 2 aromatic carbocycles. The van der Waals surface area contributed by atoms with Gasteiger partial charge in [-0.1, -0.05) is 54.6 Å². The highest BCUT2D eigenvalue weighted by atomic mass is 16.5. The molecule has 1 fully saturated rings. The summed E-state index contributed by atoms with van der Waals surface area (Å²) in [7, 11) is 0. The number of aromatic nitrogens is 1. The predicted molar refractivity (Wildman–Crippen MR) is 124 cm³/mol. The second-order valence-electron chi connectivity index (χ2n) is 9.09. The molecule has 1 aliphatic heterocycles. The van der Waals surface area contributed by atoms with Gasteiger partial charge in [0.2, 0.25) is 5.88 Å². The summed E-state index contributed by atoms with van der Waals surface area (Å²) >= 11 is 0. The molecule has 1 aliphatic carbocycles. The molecule has 0 saturated heterocycles. The van der Waals surface area contributed by atoms with Crippen LogP contribution in [0.5, 0.6) is 5.88 Å². The first-order valence-corrected chi connectivity index (χ1v) is 11.0. The van der Waals surface area contributed by atoms with Crippen LogP contribution in [0.1, 0.15) is 32.3 Å². The van der Waals surface area contributed by atoms with E-state index in [-0.39, 0.29) is 12.5 Å². The van der Waals surface area contributed by atoms with Gasteiger partial charge in [-0.25, -0.2) is 4.98 Å². The van der Waals surface area contributed by atoms with Crippen LogP contribution in [0.4, 0.5) is 5.69 Å². The lowest BCUT2D eigenvalue weighted by atomic mass is 9.63. The smallest absolute Gasteiger partial charge is 0.265 e. The average molecular weight is 430 g/mol. The van der Waals surface area contributed by atoms with E-state index in [2.05, 4.69) is 0 Å². The van der Waals surface area contributed by atoms with E-state index in [0.717, 1.165) is 27.9 Å². The molecule has 3 aromatic rings. The molecule has 1 saturated carbocycles. The normalized spacial score (nSPS) is 24.5. The second-order valence-corrected chi connectivity index (χ2v) is 9.09. The zero-order valence-corrected chi connectivity index (χ0v) is 18.3. The lowest BCUT2D eigenvalue weighted by Gasteiger charge is -2.49. The van der Waals surface area contributed by atoms with Crippen LogP contribution in [0.2, 0.25) is 0 Å². The van der Waals surface area contributed by atoms with Gasteiger partial charge in [-0.3, -0.25) is 4.79 Å². The monoisotopic (exact) mass is 429 g/mol. The number of carbonyl (C=O) groups excluding carboxylic acids is 1. The van der Waals surface area contributed by atoms with Crippen LogP contribution in [0, 0.1) is 0 Å². The minimum absolute atomic E-state index is 0.00742. The van der Waals surface area contributed by atoms with E-state index in [0.29, 0.717) is 31.0 Å². The van der Waals surface area contributed by atoms with Crippen LogP contribution >= 0.6 is 0 Å². The average Bonchev–Trinajstić information content (AvgIpc) is 2.77. The minimum Gasteiger partial charge on any atom is -0.466 e. The maximum Gasteiger partial charge on any atom is 0.265 e. The molecule has 6 nitrogen and oxygen atoms in total. The second kappa shape index (κ2) is 7.43. The summed E-state index contributed by atoms with van der Waals surface area (Å²) in [5, 5.41) is 10.1. The first-order chi connectivity index (χ1) is 15.3. The zero-order chi connectivity index (χ0) is 22.5. The molecule has 32 heavy (non-hydrogen) atoms. The number of rotatable bonds is 4. The molecule has 2 heterocycles. The van der Waals surface area contributed by atoms with Crippen molar-refractivity contribution in [3.63, 3.8) is 0 Å². The molecule has 0 bridgehead atoms. The summed E-state index contributed by atoms with van der Waals surface area (Å²) in [6.45, 7) is 4.32. The summed E-state index contributed by atoms with van der Waals surface area (Å²) in [4.78, 5) is 18.9. The van der Waals surface area contributed by atoms with E-state index < -0.39 is 11.1 Å². The van der Waals surface area contributed by atoms with E-state index in [4.69, 9.17) is 15.5 Å². The van der Waals surface area contributed by atoms with Crippen molar-refractivity contribution in [1.82, 2.24) is 4.98 Å². The Morgan fingerprint density at radius 1 is 1.09 bits per heavy atom. The van der Waals surface area contributed by atoms with E-state index >= 15 is 0 Å². The number of anilines is 1. The number of carbonyl (C=O) groups is 1. The largest absolute Gasteiger partial charge is 0.466 e. The van der Waals surface area contributed by atoms with E-state index in [1.807, 2.05) is 74.5 Å². The zero-order valence-electron chi connectivity index (χ0n) is 18.3. The quantitative estimate of drug-likeness (QED) is 0.657. The number of hydrogen-bond acceptors (Lipinski definition) is 5. The van der Waals surface area contributed by atoms with Crippen molar-refractivity contribution in [2.24, 2.45) is 5.73 Å². The number of benzene rings is 2. The third kappa shape index (κ3) is 3.45. The van der Waals surface area contributed by atoms with Gasteiger partial charge in [-0.15, -0.1) is 0 Å². The van der Waals surface area contributed by atoms with Crippen LogP contribution in [0.3, 0.4) is 0 Å². The number of amides is 1. The third-order valence-corrected chi connectivity index (χ3v) is 6.42. The van der Waals surface area contributed by atoms with Crippen molar-refractivity contribution < 1.29 is 14.6 Å². The van der Waals surface area contributed by atoms with Crippen molar-refractivity contribution in [1.29, 1.82) is 0 Å². The third-order valence-electron chi connectivity index (χ3n) is 6.42. The van der Waals surface area contributed by atoms with Gasteiger partial charge in [0.15, 0.2) is 6.61 Å². The number of fused-ring (bicyclic) bond motifs is 1. The highest BCUT2D eigenvalue weighted by Crippen LogP contribution is 2.47. The molecule has 0 radical (unpaired) electrons. The van der Waals surface area contributed by atoms with E-state index in [1.54, 1.807) is 4.90 Å². The predicted octanol–water partition coefficient (Wildman–Crippen LogP) is 3.86. The SMILES string of the molecule is CCN1C(=O)COc2nc(-c3ccc(C4(N)CC(C)(O)C4)cc3)c(-c3ccccc3)cc21. The summed E-state index contributed by atoms with van der Waals surface area (Å²) in [6.07, 6.45) is 1.08. The van der Waals surface area contributed by atoms with Gasteiger partial charge in [0, 0.05) is 23.2 Å². The van der Waals surface area contributed by atoms with Crippen LogP contribution in [0.15, 0.2) is 60.7 Å². The van der Waals surface area contributed by atoms with Crippen LogP contribution in [0.25, 0.3) is 22.4 Å². The maximum atomic E-state index is 12.3. The Balaban J connectivity index is 1.60. The topological polar surface area (TPSA) is 88.7 Å². The fourth-order valence-corrected chi connectivity index (χ4v) is 5.00. The molecule has 164 valence electrons. The Kier molecular flexibility index (Phi) is 4.80. The summed E-state index contributed by atoms with van der Waals surface area (Å²) in [6, 6.07) is 20.1. The summed E-state index contributed by atoms with van der Waals surface area (Å²) < 4.78 is 5.70. The van der Waals surface area contributed by atoms with Crippen molar-refractivity contribution >= 4 is 11.6 Å². The van der Waals surface area contributed by atoms with Crippen molar-refractivity contribution in [2.75, 3.05) is 18.1 Å². The Morgan fingerprint density at radius 3 is 2.41 bits per heavy atom. The van der Waals surface area contributed by atoms with Gasteiger partial charge in [0.05, 0.1) is 11.3 Å². The Morgan fingerprint density at radius 2 is 1.78 bits per heavy atom. The van der Waals surface area contributed by atoms with Crippen molar-refractivity contribution in [3.05, 3.63) is 66.2 Å². The van der Waals surface area contributed by atoms with Gasteiger partial charge in [0.25, 0.3) is 5.91 Å². The van der Waals surface area contributed by atoms with E-state index in [1.165, 1.54) is 0 Å². The maximum absolute atomic E-state index is 12.3. The van der Waals surface area contributed by atoms with Gasteiger partial charge in [0.1, 0.15) is 5.69 Å². The molecule has 0 spiro atoms. The number of likely N-dealkylation sites (N-methyl/N-ethyl adjacent to an activating group) is 1. The van der Waals surface area contributed by atoms with Crippen LogP contribution in [-0.4, -0.2) is 34.8 Å². The number of aliphatic hydroxyl groups is 1. The Bertz CT molecular complexity index is 1160. The number of nitrogens with two attached hydrogens (primary N) is 1. The van der Waals surface area contributed by atoms with Gasteiger partial charge >= 0.3 is 0 Å². The van der Waals surface area contributed by atoms with Gasteiger partial charge in [-0.2, -0.15) is 0 Å². The molecule has 3 N–H and O–H groups in total. The summed E-state index contributed by atoms with van der Waals surface area (Å²) in [5.41, 5.74) is 10.7. The van der Waals surface area contributed by atoms with Gasteiger partial charge in [-0.05, 0) is 43.9 Å². The Hall–Kier alpha value is -3.22. The van der Waals surface area contributed by atoms with Crippen LogP contribution in [-0.2, 0) is 10.3 Å². The highest BCUT2D eigenvalue weighted by molar-refractivity contribution is 5.99. The van der Waals surface area contributed by atoms with Crippen LogP contribution < -0.4 is 15.4 Å².